The molecule has 3 rings (SSSR count). The number of Topliss-reactive ketones (excluding diaryl/α,β-unsaturated/α-hetero) is 1. The normalized spacial score (nSPS) is 16.4. The van der Waals surface area contributed by atoms with Crippen molar-refractivity contribution in [2.45, 2.75) is 23.2 Å². The average molecular weight is 359 g/mol. The minimum atomic E-state index is -0.515. The second-order valence-corrected chi connectivity index (χ2v) is 7.11. The van der Waals surface area contributed by atoms with Crippen LogP contribution in [0.5, 0.6) is 0 Å². The Morgan fingerprint density at radius 2 is 2.04 bits per heavy atom. The second-order valence-electron chi connectivity index (χ2n) is 5.43. The zero-order valence-electron chi connectivity index (χ0n) is 12.8. The van der Waals surface area contributed by atoms with Gasteiger partial charge in [-0.25, -0.2) is 0 Å². The van der Waals surface area contributed by atoms with Crippen molar-refractivity contribution < 1.29 is 14.3 Å². The Balaban J connectivity index is 1.64. The lowest BCUT2D eigenvalue weighted by Gasteiger charge is -2.21. The van der Waals surface area contributed by atoms with Gasteiger partial charge in [-0.05, 0) is 29.3 Å². The number of carbonyl (C=O) groups is 2. The van der Waals surface area contributed by atoms with Gasteiger partial charge >= 0.3 is 5.97 Å². The number of thioether (sulfide) groups is 1. The zero-order chi connectivity index (χ0) is 17.1. The summed E-state index contributed by atoms with van der Waals surface area (Å²) in [7, 11) is 0. The minimum absolute atomic E-state index is 0.0801. The highest BCUT2D eigenvalue weighted by atomic mass is 35.5. The number of hydrogen-bond acceptors (Lipinski definition) is 4. The summed E-state index contributed by atoms with van der Waals surface area (Å²) in [6, 6.07) is 12.7. The van der Waals surface area contributed by atoms with Gasteiger partial charge in [-0.3, -0.25) is 9.59 Å². The van der Waals surface area contributed by atoms with Crippen LogP contribution in [-0.4, -0.2) is 17.0 Å². The summed E-state index contributed by atoms with van der Waals surface area (Å²) in [5.74, 6) is -0.453. The van der Waals surface area contributed by atoms with Crippen molar-refractivity contribution in [2.75, 3.05) is 0 Å². The van der Waals surface area contributed by atoms with Crippen LogP contribution in [0.1, 0.15) is 27.9 Å². The lowest BCUT2D eigenvalue weighted by atomic mass is 10.1. The second kappa shape index (κ2) is 7.24. The molecule has 1 unspecified atom stereocenters. The summed E-state index contributed by atoms with van der Waals surface area (Å²) in [6.07, 6.45) is 1.88. The van der Waals surface area contributed by atoms with Crippen LogP contribution < -0.4 is 0 Å². The van der Waals surface area contributed by atoms with E-state index < -0.39 is 5.25 Å². The molecule has 1 atom stereocenters. The summed E-state index contributed by atoms with van der Waals surface area (Å²) in [5.41, 5.74) is 2.48. The highest BCUT2D eigenvalue weighted by Gasteiger charge is 2.31. The molecule has 1 heterocycles. The third-order valence-corrected chi connectivity index (χ3v) is 5.23. The van der Waals surface area contributed by atoms with Gasteiger partial charge in [-0.1, -0.05) is 48.5 Å². The number of ether oxygens (including phenoxy) is 1. The fraction of sp³-hybridized carbons (Fsp3) is 0.158. The van der Waals surface area contributed by atoms with Crippen LogP contribution in [0.15, 0.2) is 53.9 Å². The molecule has 0 aromatic heterocycles. The van der Waals surface area contributed by atoms with E-state index in [0.29, 0.717) is 10.6 Å². The Bertz CT molecular complexity index is 799. The van der Waals surface area contributed by atoms with E-state index in [2.05, 4.69) is 6.58 Å². The maximum atomic E-state index is 12.3. The highest BCUT2D eigenvalue weighted by molar-refractivity contribution is 8.00. The monoisotopic (exact) mass is 358 g/mol. The summed E-state index contributed by atoms with van der Waals surface area (Å²) in [5, 5.41) is 0.00493. The number of rotatable bonds is 4. The summed E-state index contributed by atoms with van der Waals surface area (Å²) in [6.45, 7) is 3.89. The van der Waals surface area contributed by atoms with Crippen LogP contribution in [-0.2, 0) is 16.1 Å². The SMILES string of the molecule is C=Cc1ccc(COC(=O)C2CC(=O)c3cc(Cl)ccc3S2)cc1. The van der Waals surface area contributed by atoms with E-state index >= 15 is 0 Å². The lowest BCUT2D eigenvalue weighted by Crippen LogP contribution is -2.27. The van der Waals surface area contributed by atoms with Crippen molar-refractivity contribution in [3.63, 3.8) is 0 Å². The first-order valence-electron chi connectivity index (χ1n) is 7.44. The standard InChI is InChI=1S/C19H15ClO3S/c1-2-12-3-5-13(6-4-12)11-23-19(22)18-10-16(21)15-9-14(20)7-8-17(15)24-18/h2-9,18H,1,10-11H2. The van der Waals surface area contributed by atoms with Crippen molar-refractivity contribution in [3.8, 4) is 0 Å². The quantitative estimate of drug-likeness (QED) is 0.738. The van der Waals surface area contributed by atoms with Crippen molar-refractivity contribution in [2.24, 2.45) is 0 Å². The zero-order valence-corrected chi connectivity index (χ0v) is 14.4. The van der Waals surface area contributed by atoms with Crippen LogP contribution in [0.25, 0.3) is 6.08 Å². The molecule has 0 saturated heterocycles. The Morgan fingerprint density at radius 1 is 1.29 bits per heavy atom. The maximum Gasteiger partial charge on any atom is 0.320 e. The van der Waals surface area contributed by atoms with E-state index in [-0.39, 0.29) is 24.8 Å². The first-order chi connectivity index (χ1) is 11.6. The molecular formula is C19H15ClO3S. The van der Waals surface area contributed by atoms with Crippen LogP contribution >= 0.6 is 23.4 Å². The minimum Gasteiger partial charge on any atom is -0.460 e. The van der Waals surface area contributed by atoms with Gasteiger partial charge in [0.2, 0.25) is 0 Å². The molecule has 5 heteroatoms. The molecule has 1 aliphatic rings. The number of fused-ring (bicyclic) bond motifs is 1. The van der Waals surface area contributed by atoms with Gasteiger partial charge in [0, 0.05) is 21.9 Å². The van der Waals surface area contributed by atoms with Gasteiger partial charge in [0.1, 0.15) is 11.9 Å². The molecule has 0 fully saturated rings. The predicted octanol–water partition coefficient (Wildman–Crippen LogP) is 4.77. The van der Waals surface area contributed by atoms with Crippen LogP contribution in [0.2, 0.25) is 5.02 Å². The summed E-state index contributed by atoms with van der Waals surface area (Å²) < 4.78 is 5.36. The van der Waals surface area contributed by atoms with Crippen LogP contribution in [0, 0.1) is 0 Å². The fourth-order valence-corrected chi connectivity index (χ4v) is 3.75. The van der Waals surface area contributed by atoms with E-state index in [1.165, 1.54) is 11.8 Å². The van der Waals surface area contributed by atoms with Gasteiger partial charge in [-0.2, -0.15) is 0 Å². The molecule has 0 spiro atoms. The molecule has 0 aliphatic carbocycles. The number of carbonyl (C=O) groups excluding carboxylic acids is 2. The van der Waals surface area contributed by atoms with Gasteiger partial charge in [0.15, 0.2) is 5.78 Å². The third kappa shape index (κ3) is 3.71. The fourth-order valence-electron chi connectivity index (χ4n) is 2.42. The molecule has 0 bridgehead atoms. The van der Waals surface area contributed by atoms with Gasteiger partial charge in [-0.15, -0.1) is 11.8 Å². The van der Waals surface area contributed by atoms with Crippen LogP contribution in [0.3, 0.4) is 0 Å². The van der Waals surface area contributed by atoms with E-state index in [4.69, 9.17) is 16.3 Å². The number of esters is 1. The Kier molecular flexibility index (Phi) is 5.07. The topological polar surface area (TPSA) is 43.4 Å². The summed E-state index contributed by atoms with van der Waals surface area (Å²) in [4.78, 5) is 25.3. The van der Waals surface area contributed by atoms with E-state index in [0.717, 1.165) is 16.0 Å². The van der Waals surface area contributed by atoms with Crippen LogP contribution in [0.4, 0.5) is 0 Å². The Hall–Kier alpha value is -2.04. The third-order valence-electron chi connectivity index (χ3n) is 3.74. The highest BCUT2D eigenvalue weighted by Crippen LogP contribution is 2.37. The van der Waals surface area contributed by atoms with Gasteiger partial charge in [0.25, 0.3) is 0 Å². The molecule has 2 aromatic rings. The Morgan fingerprint density at radius 3 is 2.75 bits per heavy atom. The van der Waals surface area contributed by atoms with Crippen molar-refractivity contribution >= 4 is 41.2 Å². The smallest absolute Gasteiger partial charge is 0.320 e. The van der Waals surface area contributed by atoms with Gasteiger partial charge < -0.3 is 4.74 Å². The largest absolute Gasteiger partial charge is 0.460 e. The average Bonchev–Trinajstić information content (AvgIpc) is 2.60. The summed E-state index contributed by atoms with van der Waals surface area (Å²) >= 11 is 7.27. The number of halogens is 1. The molecule has 0 amide bonds. The van der Waals surface area contributed by atoms with Crippen molar-refractivity contribution in [3.05, 3.63) is 70.8 Å². The predicted molar refractivity (Wildman–Crippen MR) is 96.4 cm³/mol. The number of benzene rings is 2. The molecule has 2 aromatic carbocycles. The van der Waals surface area contributed by atoms with Crippen molar-refractivity contribution in [1.82, 2.24) is 0 Å². The molecule has 3 nitrogen and oxygen atoms in total. The molecule has 1 aliphatic heterocycles. The van der Waals surface area contributed by atoms with Gasteiger partial charge in [0.05, 0.1) is 0 Å². The first kappa shape index (κ1) is 16.8. The van der Waals surface area contributed by atoms with E-state index in [9.17, 15) is 9.59 Å². The molecule has 0 N–H and O–H groups in total. The molecule has 0 saturated carbocycles. The Labute approximate surface area is 149 Å². The molecule has 122 valence electrons. The number of hydrogen-bond donors (Lipinski definition) is 0. The molecular weight excluding hydrogens is 344 g/mol. The van der Waals surface area contributed by atoms with Crippen molar-refractivity contribution in [1.29, 1.82) is 0 Å². The lowest BCUT2D eigenvalue weighted by molar-refractivity contribution is -0.144. The first-order valence-corrected chi connectivity index (χ1v) is 8.70. The van der Waals surface area contributed by atoms with E-state index in [1.807, 2.05) is 24.3 Å². The van der Waals surface area contributed by atoms with E-state index in [1.54, 1.807) is 24.3 Å². The molecule has 0 radical (unpaired) electrons. The maximum absolute atomic E-state index is 12.3. The molecule has 24 heavy (non-hydrogen) atoms. The number of ketones is 1.